The quantitative estimate of drug-likeness (QED) is 0.333. The molecule has 0 spiro atoms. The lowest BCUT2D eigenvalue weighted by atomic mass is 10.0. The summed E-state index contributed by atoms with van der Waals surface area (Å²) in [5, 5.41) is 0.518. The fourth-order valence-electron chi connectivity index (χ4n) is 2.31. The van der Waals surface area contributed by atoms with E-state index in [-0.39, 0.29) is 19.4 Å². The number of nitrogens with zero attached hydrogens (tertiary/aromatic N) is 2. The molecule has 2 fully saturated rings. The van der Waals surface area contributed by atoms with Gasteiger partial charge in [-0.25, -0.2) is 15.0 Å². The van der Waals surface area contributed by atoms with Crippen molar-refractivity contribution >= 4 is 28.4 Å². The van der Waals surface area contributed by atoms with Gasteiger partial charge < -0.3 is 10.6 Å². The Morgan fingerprint density at radius 1 is 1.33 bits per heavy atom. The van der Waals surface area contributed by atoms with E-state index in [0.29, 0.717) is 5.06 Å². The standard InChI is InChI=1S/C8H13N5O7S/c9-7(15)11-10-6(14)5-2-1-4-3-12(5)8(16)13(4)20-21(17,18)19/h4-5H,1-3H2,(H,10,14)(H3,9,11,15)(H,17,18,19)/t4?,5-/m0/s1. The van der Waals surface area contributed by atoms with E-state index in [4.69, 9.17) is 10.3 Å². The number of nitrogens with two attached hydrogens (primary N) is 1. The van der Waals surface area contributed by atoms with Crippen LogP contribution in [0.15, 0.2) is 0 Å². The third-order valence-corrected chi connectivity index (χ3v) is 3.46. The van der Waals surface area contributed by atoms with Gasteiger partial charge in [0.1, 0.15) is 6.04 Å². The number of hydrogen-bond acceptors (Lipinski definition) is 6. The molecule has 0 aromatic carbocycles. The molecule has 0 aromatic heterocycles. The molecule has 0 aromatic rings. The molecule has 2 saturated heterocycles. The normalized spacial score (nSPS) is 24.9. The number of carbonyl (C=O) groups excluding carboxylic acids is 3. The van der Waals surface area contributed by atoms with E-state index in [1.165, 1.54) is 0 Å². The minimum Gasteiger partial charge on any atom is -0.350 e. The van der Waals surface area contributed by atoms with Crippen molar-refractivity contribution in [3.63, 3.8) is 0 Å². The van der Waals surface area contributed by atoms with E-state index in [9.17, 15) is 22.8 Å². The van der Waals surface area contributed by atoms with Crippen LogP contribution in [0.25, 0.3) is 0 Å². The predicted octanol–water partition coefficient (Wildman–Crippen LogP) is -2.31. The van der Waals surface area contributed by atoms with Gasteiger partial charge in [-0.3, -0.25) is 14.8 Å². The van der Waals surface area contributed by atoms with Crippen LogP contribution in [0.5, 0.6) is 0 Å². The van der Waals surface area contributed by atoms with Crippen LogP contribution in [0.1, 0.15) is 12.8 Å². The average Bonchev–Trinajstić information content (AvgIpc) is 2.60. The second-order valence-electron chi connectivity index (χ2n) is 4.49. The molecular weight excluding hydrogens is 310 g/mol. The zero-order valence-electron chi connectivity index (χ0n) is 10.6. The Morgan fingerprint density at radius 3 is 2.57 bits per heavy atom. The Morgan fingerprint density at radius 2 is 2.00 bits per heavy atom. The molecule has 0 aliphatic carbocycles. The SMILES string of the molecule is NC(=O)NNC(=O)[C@@H]1CCC2CN1C(=O)N2OS(=O)(=O)O. The van der Waals surface area contributed by atoms with E-state index in [1.807, 2.05) is 10.9 Å². The lowest BCUT2D eigenvalue weighted by molar-refractivity contribution is -0.126. The van der Waals surface area contributed by atoms with Crippen LogP contribution in [-0.2, 0) is 19.5 Å². The first-order chi connectivity index (χ1) is 9.69. The largest absolute Gasteiger partial charge is 0.418 e. The van der Waals surface area contributed by atoms with Gasteiger partial charge >= 0.3 is 22.5 Å². The molecule has 118 valence electrons. The van der Waals surface area contributed by atoms with E-state index in [2.05, 4.69) is 4.28 Å². The fraction of sp³-hybridized carbons (Fsp3) is 0.625. The third kappa shape index (κ3) is 3.32. The number of piperidine rings is 1. The number of hydrogen-bond donors (Lipinski definition) is 4. The van der Waals surface area contributed by atoms with Gasteiger partial charge in [0.15, 0.2) is 0 Å². The molecule has 2 aliphatic heterocycles. The molecule has 2 rings (SSSR count). The number of fused-ring (bicyclic) bond motifs is 2. The lowest BCUT2D eigenvalue weighted by Gasteiger charge is -2.28. The van der Waals surface area contributed by atoms with Crippen LogP contribution >= 0.6 is 0 Å². The summed E-state index contributed by atoms with van der Waals surface area (Å²) in [4.78, 5) is 35.4. The second-order valence-corrected chi connectivity index (χ2v) is 5.49. The first-order valence-corrected chi connectivity index (χ1v) is 7.17. The molecule has 2 bridgehead atoms. The van der Waals surface area contributed by atoms with Crippen LogP contribution in [-0.4, -0.2) is 59.5 Å². The zero-order valence-corrected chi connectivity index (χ0v) is 11.4. The average molecular weight is 323 g/mol. The summed E-state index contributed by atoms with van der Waals surface area (Å²) in [6, 6.07) is -3.33. The molecule has 21 heavy (non-hydrogen) atoms. The number of rotatable bonds is 3. The number of nitrogens with one attached hydrogen (secondary N) is 2. The van der Waals surface area contributed by atoms with E-state index in [0.717, 1.165) is 4.90 Å². The van der Waals surface area contributed by atoms with Gasteiger partial charge in [0.2, 0.25) is 0 Å². The van der Waals surface area contributed by atoms with Gasteiger partial charge in [0.25, 0.3) is 5.91 Å². The summed E-state index contributed by atoms with van der Waals surface area (Å²) < 4.78 is 34.2. The number of primary amides is 1. The van der Waals surface area contributed by atoms with Gasteiger partial charge in [-0.1, -0.05) is 0 Å². The summed E-state index contributed by atoms with van der Waals surface area (Å²) in [6.45, 7) is 0.0585. The van der Waals surface area contributed by atoms with Crippen LogP contribution in [0.4, 0.5) is 9.59 Å². The molecule has 2 aliphatic rings. The van der Waals surface area contributed by atoms with Crippen molar-refractivity contribution in [2.45, 2.75) is 24.9 Å². The summed E-state index contributed by atoms with van der Waals surface area (Å²) in [7, 11) is -4.83. The summed E-state index contributed by atoms with van der Waals surface area (Å²) in [6.07, 6.45) is 0.514. The molecule has 0 saturated carbocycles. The predicted molar refractivity (Wildman–Crippen MR) is 64.2 cm³/mol. The number of hydroxylamine groups is 2. The maximum absolute atomic E-state index is 12.0. The molecule has 5 N–H and O–H groups in total. The minimum atomic E-state index is -4.83. The van der Waals surface area contributed by atoms with Crippen molar-refractivity contribution in [2.75, 3.05) is 6.54 Å². The Labute approximate surface area is 119 Å². The topological polar surface area (TPSA) is 171 Å². The minimum absolute atomic E-state index is 0.0585. The molecular formula is C8H13N5O7S. The van der Waals surface area contributed by atoms with E-state index in [1.54, 1.807) is 0 Å². The molecule has 0 radical (unpaired) electrons. The highest BCUT2D eigenvalue weighted by Crippen LogP contribution is 2.30. The maximum Gasteiger partial charge on any atom is 0.418 e. The Kier molecular flexibility index (Phi) is 3.89. The van der Waals surface area contributed by atoms with Crippen LogP contribution in [0.2, 0.25) is 0 Å². The van der Waals surface area contributed by atoms with Gasteiger partial charge in [0, 0.05) is 6.54 Å². The summed E-state index contributed by atoms with van der Waals surface area (Å²) in [5.74, 6) is -0.672. The Hall–Kier alpha value is -2.12. The highest BCUT2D eigenvalue weighted by Gasteiger charge is 2.49. The van der Waals surface area contributed by atoms with Crippen LogP contribution < -0.4 is 16.6 Å². The highest BCUT2D eigenvalue weighted by molar-refractivity contribution is 7.80. The highest BCUT2D eigenvalue weighted by atomic mass is 32.3. The number of hydrazine groups is 1. The lowest BCUT2D eigenvalue weighted by Crippen LogP contribution is -2.55. The van der Waals surface area contributed by atoms with Gasteiger partial charge in [-0.15, -0.1) is 4.28 Å². The molecule has 13 heteroatoms. The number of urea groups is 2. The first-order valence-electron chi connectivity index (χ1n) is 5.81. The van der Waals surface area contributed by atoms with Crippen molar-refractivity contribution in [1.29, 1.82) is 0 Å². The maximum atomic E-state index is 12.0. The van der Waals surface area contributed by atoms with Gasteiger partial charge in [-0.2, -0.15) is 13.5 Å². The smallest absolute Gasteiger partial charge is 0.350 e. The monoisotopic (exact) mass is 323 g/mol. The van der Waals surface area contributed by atoms with Gasteiger partial charge in [-0.05, 0) is 12.8 Å². The van der Waals surface area contributed by atoms with E-state index >= 15 is 0 Å². The fourth-order valence-corrected chi connectivity index (χ4v) is 2.70. The van der Waals surface area contributed by atoms with Crippen molar-refractivity contribution in [3.05, 3.63) is 0 Å². The second kappa shape index (κ2) is 5.34. The van der Waals surface area contributed by atoms with Gasteiger partial charge in [0.05, 0.1) is 6.04 Å². The molecule has 1 unspecified atom stereocenters. The Bertz CT molecular complexity index is 578. The summed E-state index contributed by atoms with van der Waals surface area (Å²) >= 11 is 0. The molecule has 5 amide bonds. The van der Waals surface area contributed by atoms with Crippen molar-refractivity contribution < 1.29 is 31.6 Å². The van der Waals surface area contributed by atoms with Crippen molar-refractivity contribution in [3.8, 4) is 0 Å². The van der Waals surface area contributed by atoms with Crippen molar-refractivity contribution in [2.24, 2.45) is 5.73 Å². The Balaban J connectivity index is 2.06. The third-order valence-electron chi connectivity index (χ3n) is 3.11. The molecule has 2 heterocycles. The first kappa shape index (κ1) is 15.3. The number of carbonyl (C=O) groups is 3. The van der Waals surface area contributed by atoms with Crippen LogP contribution in [0, 0.1) is 0 Å². The van der Waals surface area contributed by atoms with Crippen LogP contribution in [0.3, 0.4) is 0 Å². The number of amides is 5. The molecule has 12 nitrogen and oxygen atoms in total. The van der Waals surface area contributed by atoms with Crippen molar-refractivity contribution in [1.82, 2.24) is 20.8 Å². The zero-order chi connectivity index (χ0) is 15.8. The molecule has 2 atom stereocenters. The summed E-state index contributed by atoms with van der Waals surface area (Å²) in [5.41, 5.74) is 8.72. The van der Waals surface area contributed by atoms with E-state index < -0.39 is 40.5 Å².